The van der Waals surface area contributed by atoms with E-state index in [1.165, 1.54) is 79.8 Å². The summed E-state index contributed by atoms with van der Waals surface area (Å²) < 4.78 is 8.64. The van der Waals surface area contributed by atoms with Crippen molar-refractivity contribution < 1.29 is 4.43 Å². The summed E-state index contributed by atoms with van der Waals surface area (Å²) in [5.41, 5.74) is 10.6. The van der Waals surface area contributed by atoms with E-state index < -0.39 is 8.32 Å². The maximum Gasteiger partial charge on any atom is 0.242 e. The Bertz CT molecular complexity index is 2720. The average Bonchev–Trinajstić information content (AvgIpc) is 3.88. The highest BCUT2D eigenvalue weighted by Crippen LogP contribution is 2.56. The molecule has 54 heavy (non-hydrogen) atoms. The van der Waals surface area contributed by atoms with Crippen LogP contribution < -0.4 is 4.43 Å². The first-order valence-electron chi connectivity index (χ1n) is 19.1. The fourth-order valence-corrected chi connectivity index (χ4v) is 12.5. The Morgan fingerprint density at radius 1 is 0.704 bits per heavy atom. The topological polar surface area (TPSA) is 22.1 Å². The van der Waals surface area contributed by atoms with Crippen LogP contribution in [0, 0.1) is 5.92 Å². The lowest BCUT2D eigenvalue weighted by molar-refractivity contribution is 0.377. The number of thiophene rings is 2. The lowest BCUT2D eigenvalue weighted by Crippen LogP contribution is -2.29. The molecule has 0 amide bonds. The van der Waals surface area contributed by atoms with E-state index in [-0.39, 0.29) is 5.41 Å². The van der Waals surface area contributed by atoms with Crippen LogP contribution in [0.25, 0.3) is 74.2 Å². The van der Waals surface area contributed by atoms with Gasteiger partial charge in [-0.15, -0.1) is 22.7 Å². The molecule has 0 saturated heterocycles. The van der Waals surface area contributed by atoms with Gasteiger partial charge in [0.15, 0.2) is 0 Å². The first-order chi connectivity index (χ1) is 26.0. The van der Waals surface area contributed by atoms with E-state index in [2.05, 4.69) is 166 Å². The fraction of sp³-hybridized carbons (Fsp3) is 0.229. The number of rotatable bonds is 9. The van der Waals surface area contributed by atoms with Gasteiger partial charge in [-0.25, -0.2) is 0 Å². The molecule has 9 rings (SSSR count). The minimum atomic E-state index is -1.64. The van der Waals surface area contributed by atoms with Gasteiger partial charge in [0, 0.05) is 57.0 Å². The molecule has 270 valence electrons. The zero-order chi connectivity index (χ0) is 37.4. The van der Waals surface area contributed by atoms with Gasteiger partial charge in [0.2, 0.25) is 8.32 Å². The largest absolute Gasteiger partial charge is 0.544 e. The Balaban J connectivity index is 1.14. The van der Waals surface area contributed by atoms with Gasteiger partial charge >= 0.3 is 0 Å². The zero-order valence-corrected chi connectivity index (χ0v) is 35.9. The van der Waals surface area contributed by atoms with E-state index in [9.17, 15) is 0 Å². The van der Waals surface area contributed by atoms with Crippen LogP contribution >= 0.6 is 38.6 Å². The maximum absolute atomic E-state index is 6.22. The van der Waals surface area contributed by atoms with Crippen LogP contribution in [0.15, 0.2) is 120 Å². The summed E-state index contributed by atoms with van der Waals surface area (Å²) in [7, 11) is -1.64. The number of fused-ring (bicyclic) bond motifs is 9. The Labute approximate surface area is 336 Å². The summed E-state index contributed by atoms with van der Waals surface area (Å²) in [5, 5.41) is 4.94. The number of hydrogen-bond donors (Lipinski definition) is 0. The van der Waals surface area contributed by atoms with Crippen LogP contribution in [-0.4, -0.2) is 13.3 Å². The molecular weight excluding hydrogens is 779 g/mol. The highest BCUT2D eigenvalue weighted by molar-refractivity contribution is 9.10. The molecule has 0 saturated carbocycles. The normalized spacial score (nSPS) is 15.4. The quantitative estimate of drug-likeness (QED) is 0.107. The molecule has 1 aliphatic rings. The lowest BCUT2D eigenvalue weighted by atomic mass is 9.69. The van der Waals surface area contributed by atoms with E-state index in [0.29, 0.717) is 5.92 Å². The predicted octanol–water partition coefficient (Wildman–Crippen LogP) is 15.8. The number of hydrogen-bond acceptors (Lipinski definition) is 4. The molecule has 0 spiro atoms. The molecule has 0 fully saturated rings. The summed E-state index contributed by atoms with van der Waals surface area (Å²) in [5.74, 6) is 1.52. The molecule has 1 aliphatic carbocycles. The number of halogens is 1. The minimum absolute atomic E-state index is 0.0449. The van der Waals surface area contributed by atoms with Gasteiger partial charge in [-0.2, -0.15) is 0 Å². The van der Waals surface area contributed by atoms with Crippen molar-refractivity contribution in [3.8, 4) is 48.2 Å². The SMILES string of the molecule is CCCC1(CC(C)C)c2cc(-c3ccc(-c4ccc(O[Si](C)(C)C)cc4)s3)ccc2-c2ccc(-c3cc4c5cccnc5c5c(Br)cccc5c4s3)cc21. The third-order valence-corrected chi connectivity index (χ3v) is 14.8. The number of aromatic nitrogens is 1. The smallest absolute Gasteiger partial charge is 0.242 e. The Morgan fingerprint density at radius 2 is 1.35 bits per heavy atom. The lowest BCUT2D eigenvalue weighted by Gasteiger charge is -2.34. The Kier molecular flexibility index (Phi) is 8.97. The summed E-state index contributed by atoms with van der Waals surface area (Å²) >= 11 is 7.65. The van der Waals surface area contributed by atoms with Crippen molar-refractivity contribution in [2.45, 2.75) is 65.1 Å². The summed E-state index contributed by atoms with van der Waals surface area (Å²) in [6.07, 6.45) is 5.29. The fourth-order valence-electron chi connectivity index (χ4n) is 8.92. The van der Waals surface area contributed by atoms with Gasteiger partial charge in [-0.05, 0) is 144 Å². The summed E-state index contributed by atoms with van der Waals surface area (Å²) in [6.45, 7) is 13.8. The molecule has 1 unspecified atom stereocenters. The third-order valence-electron chi connectivity index (χ3n) is 10.9. The number of pyridine rings is 1. The molecule has 0 bridgehead atoms. The van der Waals surface area contributed by atoms with Crippen LogP contribution in [-0.2, 0) is 5.41 Å². The number of nitrogens with zero attached hydrogens (tertiary/aromatic N) is 1. The van der Waals surface area contributed by atoms with E-state index in [4.69, 9.17) is 9.41 Å². The average molecular weight is 823 g/mol. The van der Waals surface area contributed by atoms with Crippen LogP contribution in [0.3, 0.4) is 0 Å². The van der Waals surface area contributed by atoms with Crippen molar-refractivity contribution >= 4 is 78.7 Å². The van der Waals surface area contributed by atoms with Crippen LogP contribution in [0.1, 0.15) is 51.2 Å². The van der Waals surface area contributed by atoms with Gasteiger partial charge in [-0.1, -0.05) is 85.6 Å². The summed E-state index contributed by atoms with van der Waals surface area (Å²) in [4.78, 5) is 8.78. The monoisotopic (exact) mass is 821 g/mol. The molecule has 3 heterocycles. The Morgan fingerprint density at radius 3 is 2.02 bits per heavy atom. The maximum atomic E-state index is 6.22. The van der Waals surface area contributed by atoms with E-state index in [1.54, 1.807) is 0 Å². The number of benzene rings is 5. The second-order valence-corrected chi connectivity index (χ2v) is 23.7. The molecular formula is C48H44BrNOS2Si. The molecule has 8 aromatic rings. The van der Waals surface area contributed by atoms with E-state index in [1.807, 2.05) is 28.9 Å². The van der Waals surface area contributed by atoms with Crippen LogP contribution in [0.4, 0.5) is 0 Å². The van der Waals surface area contributed by atoms with Crippen LogP contribution in [0.2, 0.25) is 19.6 Å². The van der Waals surface area contributed by atoms with E-state index >= 15 is 0 Å². The second-order valence-electron chi connectivity index (χ2n) is 16.3. The van der Waals surface area contributed by atoms with Gasteiger partial charge in [0.25, 0.3) is 0 Å². The second kappa shape index (κ2) is 13.6. The standard InChI is InChI=1S/C48H44BrNOS2Si/c1-7-23-48(28-29(2)3)39-25-31(43-22-21-42(52-43)30-13-17-33(18-14-30)51-54(4,5)6)15-19-34(39)35-20-16-32(26-40(35)48)44-27-38-36-11-9-24-50-46(36)45-37(47(38)53-44)10-8-12-41(45)49/h8-22,24-27,29H,7,23,28H2,1-6H3. The molecule has 5 aromatic carbocycles. The highest BCUT2D eigenvalue weighted by Gasteiger charge is 2.43. The first-order valence-corrected chi connectivity index (χ1v) is 24.9. The molecule has 3 aromatic heterocycles. The minimum Gasteiger partial charge on any atom is -0.544 e. The van der Waals surface area contributed by atoms with Gasteiger partial charge in [-0.3, -0.25) is 4.98 Å². The Hall–Kier alpha value is -4.07. The van der Waals surface area contributed by atoms with Crippen molar-refractivity contribution in [2.24, 2.45) is 5.92 Å². The molecule has 0 N–H and O–H groups in total. The van der Waals surface area contributed by atoms with Crippen LogP contribution in [0.5, 0.6) is 5.75 Å². The van der Waals surface area contributed by atoms with Gasteiger partial charge < -0.3 is 4.43 Å². The molecule has 1 atom stereocenters. The molecule has 0 radical (unpaired) electrons. The van der Waals surface area contributed by atoms with Crippen molar-refractivity contribution in [3.63, 3.8) is 0 Å². The van der Waals surface area contributed by atoms with Gasteiger partial charge in [0.05, 0.1) is 5.52 Å². The van der Waals surface area contributed by atoms with Gasteiger partial charge in [0.1, 0.15) is 5.75 Å². The van der Waals surface area contributed by atoms with Crippen molar-refractivity contribution in [3.05, 3.63) is 131 Å². The molecule has 0 aliphatic heterocycles. The van der Waals surface area contributed by atoms with Crippen molar-refractivity contribution in [2.75, 3.05) is 0 Å². The molecule has 6 heteroatoms. The highest BCUT2D eigenvalue weighted by atomic mass is 79.9. The van der Waals surface area contributed by atoms with E-state index in [0.717, 1.165) is 35.0 Å². The van der Waals surface area contributed by atoms with Crippen molar-refractivity contribution in [1.82, 2.24) is 4.98 Å². The molecule has 2 nitrogen and oxygen atoms in total. The predicted molar refractivity (Wildman–Crippen MR) is 241 cm³/mol. The van der Waals surface area contributed by atoms with Crippen molar-refractivity contribution in [1.29, 1.82) is 0 Å². The first kappa shape index (κ1) is 35.6. The third kappa shape index (κ3) is 6.06. The zero-order valence-electron chi connectivity index (χ0n) is 31.7. The summed E-state index contributed by atoms with van der Waals surface area (Å²) in [6, 6.07) is 41.1.